The van der Waals surface area contributed by atoms with Crippen molar-refractivity contribution in [2.45, 2.75) is 57.0 Å². The van der Waals surface area contributed by atoms with Crippen molar-refractivity contribution in [3.05, 3.63) is 83.2 Å². The molecule has 2 atom stereocenters. The molecule has 1 heterocycles. The maximum absolute atomic E-state index is 13.2. The molecule has 0 aliphatic rings. The van der Waals surface area contributed by atoms with Gasteiger partial charge in [0.1, 0.15) is 35.9 Å². The second kappa shape index (κ2) is 15.0. The van der Waals surface area contributed by atoms with Crippen LogP contribution in [0.2, 0.25) is 0 Å². The van der Waals surface area contributed by atoms with Crippen LogP contribution in [-0.4, -0.2) is 51.3 Å². The van der Waals surface area contributed by atoms with Crippen LogP contribution in [0.1, 0.15) is 35.4 Å². The second-order valence-electron chi connectivity index (χ2n) is 9.79. The van der Waals surface area contributed by atoms with Crippen LogP contribution >= 0.6 is 11.8 Å². The van der Waals surface area contributed by atoms with E-state index >= 15 is 0 Å². The van der Waals surface area contributed by atoms with Crippen LogP contribution < -0.4 is 15.2 Å². The fourth-order valence-corrected chi connectivity index (χ4v) is 5.30. The van der Waals surface area contributed by atoms with Gasteiger partial charge >= 0.3 is 17.2 Å². The van der Waals surface area contributed by atoms with E-state index in [-0.39, 0.29) is 37.4 Å². The van der Waals surface area contributed by atoms with E-state index in [9.17, 15) is 24.3 Å². The Morgan fingerprint density at radius 1 is 0.951 bits per heavy atom. The number of carbonyl (C=O) groups is 4. The quantitative estimate of drug-likeness (QED) is 0.197. The number of imidazole rings is 1. The van der Waals surface area contributed by atoms with Gasteiger partial charge in [0, 0.05) is 26.7 Å². The molecule has 0 spiro atoms. The van der Waals surface area contributed by atoms with E-state index in [1.165, 1.54) is 11.8 Å². The summed E-state index contributed by atoms with van der Waals surface area (Å²) in [5.41, 5.74) is 3.75. The summed E-state index contributed by atoms with van der Waals surface area (Å²) in [5.74, 6) is -1.89. The minimum Gasteiger partial charge on any atom is -0.480 e. The highest BCUT2D eigenvalue weighted by atomic mass is 32.2. The van der Waals surface area contributed by atoms with E-state index in [2.05, 4.69) is 10.6 Å². The summed E-state index contributed by atoms with van der Waals surface area (Å²) >= 11 is 1.39. The van der Waals surface area contributed by atoms with Crippen molar-refractivity contribution < 1.29 is 33.6 Å². The standard InChI is InChI=1S/C30H36N4O6S/c1-20-21(2)34(4)30(33(20)3)41-19-24(35)15-16-25(28(37)38)31-27(36)26(17-22-11-7-5-8-12-22)32-29(39)40-18-23-13-9-6-10-14-23/h5-14,25-26H,15-19H2,1-4H3,(H2-,31,32,36,37,38,39)/p+1. The van der Waals surface area contributed by atoms with Crippen molar-refractivity contribution in [3.63, 3.8) is 0 Å². The number of benzene rings is 2. The average Bonchev–Trinajstić information content (AvgIpc) is 3.15. The molecular formula is C30H37N4O6S+. The first kappa shape index (κ1) is 31.4. The smallest absolute Gasteiger partial charge is 0.408 e. The fourth-order valence-electron chi connectivity index (χ4n) is 4.21. The Morgan fingerprint density at radius 2 is 1.56 bits per heavy atom. The number of hydrogen-bond donors (Lipinski definition) is 3. The predicted octanol–water partition coefficient (Wildman–Crippen LogP) is 3.01. The Labute approximate surface area is 244 Å². The van der Waals surface area contributed by atoms with Crippen LogP contribution in [0, 0.1) is 13.8 Å². The Hall–Kier alpha value is -4.12. The van der Waals surface area contributed by atoms with Gasteiger partial charge in [-0.1, -0.05) is 60.7 Å². The van der Waals surface area contributed by atoms with Crippen molar-refractivity contribution in [1.82, 2.24) is 15.2 Å². The monoisotopic (exact) mass is 581 g/mol. The molecule has 2 unspecified atom stereocenters. The Morgan fingerprint density at radius 3 is 2.12 bits per heavy atom. The molecule has 2 aromatic carbocycles. The number of alkyl carbamates (subject to hydrolysis) is 1. The highest BCUT2D eigenvalue weighted by molar-refractivity contribution is 7.99. The SMILES string of the molecule is Cc1c(C)[n+](C)c(SCC(=O)CCC(NC(=O)C(Cc2ccccc2)NC(=O)OCc2ccccc2)C(=O)O)n1C. The third-order valence-corrected chi connectivity index (χ3v) is 8.17. The van der Waals surface area contributed by atoms with Gasteiger partial charge < -0.3 is 20.5 Å². The molecule has 41 heavy (non-hydrogen) atoms. The van der Waals surface area contributed by atoms with Gasteiger partial charge in [0.05, 0.1) is 19.8 Å². The van der Waals surface area contributed by atoms with Gasteiger partial charge in [0.15, 0.2) is 0 Å². The van der Waals surface area contributed by atoms with Gasteiger partial charge in [-0.25, -0.2) is 18.7 Å². The van der Waals surface area contributed by atoms with Crippen LogP contribution in [0.4, 0.5) is 4.79 Å². The number of thioether (sulfide) groups is 1. The summed E-state index contributed by atoms with van der Waals surface area (Å²) < 4.78 is 9.29. The largest absolute Gasteiger partial charge is 0.480 e. The summed E-state index contributed by atoms with van der Waals surface area (Å²) in [6.07, 6.45) is -0.773. The first-order chi connectivity index (χ1) is 19.6. The number of ether oxygens (including phenoxy) is 1. The van der Waals surface area contributed by atoms with E-state index < -0.39 is 30.1 Å². The molecule has 3 aromatic rings. The minimum absolute atomic E-state index is 0.0180. The number of nitrogens with one attached hydrogen (secondary N) is 2. The third kappa shape index (κ3) is 9.21. The van der Waals surface area contributed by atoms with Gasteiger partial charge in [-0.05, 0) is 29.3 Å². The maximum Gasteiger partial charge on any atom is 0.408 e. The van der Waals surface area contributed by atoms with Crippen molar-refractivity contribution in [1.29, 1.82) is 0 Å². The zero-order chi connectivity index (χ0) is 29.9. The van der Waals surface area contributed by atoms with Crippen LogP contribution in [-0.2, 0) is 46.2 Å². The maximum atomic E-state index is 13.2. The molecule has 10 nitrogen and oxygen atoms in total. The summed E-state index contributed by atoms with van der Waals surface area (Å²) in [7, 11) is 3.87. The zero-order valence-electron chi connectivity index (χ0n) is 23.8. The number of hydrogen-bond acceptors (Lipinski definition) is 6. The van der Waals surface area contributed by atoms with E-state index in [1.54, 1.807) is 36.4 Å². The average molecular weight is 582 g/mol. The Balaban J connectivity index is 1.59. The Kier molecular flexibility index (Phi) is 11.5. The summed E-state index contributed by atoms with van der Waals surface area (Å²) in [5, 5.41) is 15.7. The molecule has 0 aliphatic carbocycles. The molecule has 0 fully saturated rings. The number of carboxylic acid groups (broad SMARTS) is 1. The lowest BCUT2D eigenvalue weighted by atomic mass is 10.0. The lowest BCUT2D eigenvalue weighted by Crippen LogP contribution is -2.52. The van der Waals surface area contributed by atoms with E-state index in [4.69, 9.17) is 4.74 Å². The van der Waals surface area contributed by atoms with Crippen molar-refractivity contribution >= 4 is 35.5 Å². The highest BCUT2D eigenvalue weighted by Gasteiger charge is 2.28. The van der Waals surface area contributed by atoms with Crippen molar-refractivity contribution in [3.8, 4) is 0 Å². The van der Waals surface area contributed by atoms with Gasteiger partial charge in [-0.15, -0.1) is 0 Å². The topological polar surface area (TPSA) is 131 Å². The minimum atomic E-state index is -1.30. The van der Waals surface area contributed by atoms with Gasteiger partial charge in [-0.2, -0.15) is 0 Å². The predicted molar refractivity (Wildman–Crippen MR) is 154 cm³/mol. The molecule has 1 aromatic heterocycles. The van der Waals surface area contributed by atoms with Gasteiger partial charge in [0.25, 0.3) is 0 Å². The lowest BCUT2D eigenvalue weighted by molar-refractivity contribution is -0.715. The number of rotatable bonds is 14. The second-order valence-corrected chi connectivity index (χ2v) is 10.7. The Bertz CT molecular complexity index is 1330. The number of ketones is 1. The number of amides is 2. The number of carboxylic acids is 1. The molecule has 2 amide bonds. The normalized spacial score (nSPS) is 12.3. The molecule has 11 heteroatoms. The van der Waals surface area contributed by atoms with Crippen molar-refractivity contribution in [2.75, 3.05) is 5.75 Å². The number of aromatic nitrogens is 2. The fraction of sp³-hybridized carbons (Fsp3) is 0.367. The molecule has 0 saturated carbocycles. The lowest BCUT2D eigenvalue weighted by Gasteiger charge is -2.21. The van der Waals surface area contributed by atoms with Crippen LogP contribution in [0.3, 0.4) is 0 Å². The van der Waals surface area contributed by atoms with E-state index in [1.807, 2.05) is 61.3 Å². The first-order valence-corrected chi connectivity index (χ1v) is 14.3. The van der Waals surface area contributed by atoms with Crippen LogP contribution in [0.25, 0.3) is 0 Å². The third-order valence-electron chi connectivity index (χ3n) is 6.90. The summed E-state index contributed by atoms with van der Waals surface area (Å²) in [6.45, 7) is 4.03. The van der Waals surface area contributed by atoms with Gasteiger partial charge in [-0.3, -0.25) is 9.59 Å². The molecule has 0 radical (unpaired) electrons. The number of Topliss-reactive ketones (excluding diaryl/α,β-unsaturated/α-hetero) is 1. The molecule has 0 saturated heterocycles. The molecular weight excluding hydrogens is 544 g/mol. The number of aliphatic carboxylic acids is 1. The van der Waals surface area contributed by atoms with Crippen LogP contribution in [0.5, 0.6) is 0 Å². The van der Waals surface area contributed by atoms with Crippen molar-refractivity contribution in [2.24, 2.45) is 14.1 Å². The van der Waals surface area contributed by atoms with E-state index in [0.29, 0.717) is 0 Å². The first-order valence-electron chi connectivity index (χ1n) is 13.3. The zero-order valence-corrected chi connectivity index (χ0v) is 24.6. The molecule has 218 valence electrons. The number of carbonyl (C=O) groups excluding carboxylic acids is 3. The van der Waals surface area contributed by atoms with Crippen LogP contribution in [0.15, 0.2) is 65.8 Å². The molecule has 3 N–H and O–H groups in total. The number of nitrogens with zero attached hydrogens (tertiary/aromatic N) is 2. The van der Waals surface area contributed by atoms with E-state index in [0.717, 1.165) is 27.7 Å². The van der Waals surface area contributed by atoms with Gasteiger partial charge in [0.2, 0.25) is 5.91 Å². The molecule has 0 aliphatic heterocycles. The highest BCUT2D eigenvalue weighted by Crippen LogP contribution is 2.18. The molecule has 3 rings (SSSR count). The summed E-state index contributed by atoms with van der Waals surface area (Å²) in [4.78, 5) is 50.3. The molecule has 0 bridgehead atoms. The summed E-state index contributed by atoms with van der Waals surface area (Å²) in [6, 6.07) is 15.8.